The minimum atomic E-state index is -0.0263. The van der Waals surface area contributed by atoms with Crippen molar-refractivity contribution in [1.29, 1.82) is 0 Å². The molecule has 1 saturated heterocycles. The summed E-state index contributed by atoms with van der Waals surface area (Å²) in [5.74, 6) is 0.727. The minimum absolute atomic E-state index is 0.0263. The van der Waals surface area contributed by atoms with E-state index in [4.69, 9.17) is 4.74 Å². The van der Waals surface area contributed by atoms with Crippen molar-refractivity contribution in [2.75, 3.05) is 43.5 Å². The van der Waals surface area contributed by atoms with E-state index >= 15 is 0 Å². The van der Waals surface area contributed by atoms with Crippen molar-refractivity contribution in [3.8, 4) is 5.75 Å². The number of methoxy groups -OCH3 is 1. The van der Waals surface area contributed by atoms with Crippen LogP contribution >= 0.6 is 0 Å². The van der Waals surface area contributed by atoms with Crippen molar-refractivity contribution in [3.05, 3.63) is 78.6 Å². The van der Waals surface area contributed by atoms with E-state index in [9.17, 15) is 4.79 Å². The fourth-order valence-electron chi connectivity index (χ4n) is 3.47. The molecule has 0 radical (unpaired) electrons. The van der Waals surface area contributed by atoms with Crippen LogP contribution < -0.4 is 15.0 Å². The number of nitrogens with one attached hydrogen (secondary N) is 1. The molecule has 1 N–H and O–H groups in total. The molecule has 0 aliphatic carbocycles. The minimum Gasteiger partial charge on any atom is -0.495 e. The van der Waals surface area contributed by atoms with Crippen LogP contribution in [0.4, 0.5) is 17.1 Å². The van der Waals surface area contributed by atoms with Gasteiger partial charge >= 0.3 is 0 Å². The number of nitrogens with zero attached hydrogens (tertiary/aromatic N) is 3. The molecule has 0 saturated carbocycles. The smallest absolute Gasteiger partial charge is 0.272 e. The van der Waals surface area contributed by atoms with Gasteiger partial charge in [0.05, 0.1) is 24.7 Å². The molecule has 2 aromatic carbocycles. The molecule has 1 aliphatic heterocycles. The van der Waals surface area contributed by atoms with E-state index in [2.05, 4.69) is 27.3 Å². The first-order chi connectivity index (χ1) is 14.2. The van der Waals surface area contributed by atoms with E-state index in [1.165, 1.54) is 5.69 Å². The van der Waals surface area contributed by atoms with Gasteiger partial charge in [-0.05, 0) is 36.4 Å². The first-order valence-corrected chi connectivity index (χ1v) is 9.70. The van der Waals surface area contributed by atoms with E-state index in [1.807, 2.05) is 53.4 Å². The summed E-state index contributed by atoms with van der Waals surface area (Å²) in [6, 6.07) is 21.6. The Labute approximate surface area is 170 Å². The molecule has 1 aliphatic rings. The molecular formula is C23H24N4O2. The lowest BCUT2D eigenvalue weighted by Gasteiger charge is -2.36. The Hall–Kier alpha value is -3.54. The molecular weight excluding hydrogens is 364 g/mol. The Balaban J connectivity index is 1.37. The van der Waals surface area contributed by atoms with Crippen LogP contribution in [0.5, 0.6) is 5.75 Å². The fourth-order valence-corrected chi connectivity index (χ4v) is 3.47. The standard InChI is InChI=1S/C23H24N4O2/c1-29-22-10-6-5-9-20(22)25-18-11-12-21(24-17-18)23(28)27-15-13-26(14-16-27)19-7-3-2-4-8-19/h2-12,17,25H,13-16H2,1H3. The van der Waals surface area contributed by atoms with Crippen molar-refractivity contribution in [3.63, 3.8) is 0 Å². The third-order valence-corrected chi connectivity index (χ3v) is 5.06. The summed E-state index contributed by atoms with van der Waals surface area (Å²) in [5.41, 5.74) is 3.32. The van der Waals surface area contributed by atoms with Gasteiger partial charge in [0.25, 0.3) is 5.91 Å². The topological polar surface area (TPSA) is 57.7 Å². The summed E-state index contributed by atoms with van der Waals surface area (Å²) in [7, 11) is 1.64. The third kappa shape index (κ3) is 4.32. The second-order valence-corrected chi connectivity index (χ2v) is 6.87. The summed E-state index contributed by atoms with van der Waals surface area (Å²) in [4.78, 5) is 21.4. The van der Waals surface area contributed by atoms with Crippen LogP contribution in [0.15, 0.2) is 72.9 Å². The maximum absolute atomic E-state index is 12.8. The van der Waals surface area contributed by atoms with Crippen LogP contribution in [0.25, 0.3) is 0 Å². The van der Waals surface area contributed by atoms with E-state index in [0.29, 0.717) is 18.8 Å². The quantitative estimate of drug-likeness (QED) is 0.721. The number of para-hydroxylation sites is 3. The highest BCUT2D eigenvalue weighted by Crippen LogP contribution is 2.26. The largest absolute Gasteiger partial charge is 0.495 e. The summed E-state index contributed by atoms with van der Waals surface area (Å²) < 4.78 is 5.35. The van der Waals surface area contributed by atoms with Crippen molar-refractivity contribution in [2.45, 2.75) is 0 Å². The fraction of sp³-hybridized carbons (Fsp3) is 0.217. The Bertz CT molecular complexity index is 952. The predicted molar refractivity (Wildman–Crippen MR) is 115 cm³/mol. The lowest BCUT2D eigenvalue weighted by Crippen LogP contribution is -2.49. The molecule has 4 rings (SSSR count). The molecule has 1 amide bonds. The Morgan fingerprint density at radius 2 is 1.66 bits per heavy atom. The average Bonchev–Trinajstić information content (AvgIpc) is 2.80. The number of carbonyl (C=O) groups is 1. The van der Waals surface area contributed by atoms with Crippen LogP contribution in [0.2, 0.25) is 0 Å². The number of ether oxygens (including phenoxy) is 1. The van der Waals surface area contributed by atoms with Gasteiger partial charge in [0, 0.05) is 31.9 Å². The molecule has 148 valence electrons. The highest BCUT2D eigenvalue weighted by molar-refractivity contribution is 5.92. The maximum atomic E-state index is 12.8. The van der Waals surface area contributed by atoms with Crippen LogP contribution in [0.3, 0.4) is 0 Å². The van der Waals surface area contributed by atoms with Gasteiger partial charge in [0.1, 0.15) is 11.4 Å². The number of anilines is 3. The maximum Gasteiger partial charge on any atom is 0.272 e. The molecule has 6 nitrogen and oxygen atoms in total. The summed E-state index contributed by atoms with van der Waals surface area (Å²) in [6.45, 7) is 3.03. The zero-order valence-electron chi connectivity index (χ0n) is 16.4. The van der Waals surface area contributed by atoms with Crippen LogP contribution in [-0.2, 0) is 0 Å². The molecule has 0 spiro atoms. The number of benzene rings is 2. The number of hydrogen-bond acceptors (Lipinski definition) is 5. The summed E-state index contributed by atoms with van der Waals surface area (Å²) in [6.07, 6.45) is 1.68. The molecule has 2 heterocycles. The van der Waals surface area contributed by atoms with E-state index in [0.717, 1.165) is 30.2 Å². The molecule has 0 atom stereocenters. The molecule has 29 heavy (non-hydrogen) atoms. The number of hydrogen-bond donors (Lipinski definition) is 1. The van der Waals surface area contributed by atoms with Crippen molar-refractivity contribution in [1.82, 2.24) is 9.88 Å². The van der Waals surface area contributed by atoms with E-state index in [1.54, 1.807) is 19.4 Å². The van der Waals surface area contributed by atoms with Crippen LogP contribution in [-0.4, -0.2) is 49.1 Å². The highest BCUT2D eigenvalue weighted by Gasteiger charge is 2.23. The first kappa shape index (κ1) is 18.8. The summed E-state index contributed by atoms with van der Waals surface area (Å²) in [5, 5.41) is 3.27. The number of rotatable bonds is 5. The lowest BCUT2D eigenvalue weighted by atomic mass is 10.2. The zero-order chi connectivity index (χ0) is 20.1. The molecule has 0 unspecified atom stereocenters. The second-order valence-electron chi connectivity index (χ2n) is 6.87. The predicted octanol–water partition coefficient (Wildman–Crippen LogP) is 3.80. The number of carbonyl (C=O) groups excluding carboxylic acids is 1. The van der Waals surface area contributed by atoms with Gasteiger partial charge in [-0.3, -0.25) is 4.79 Å². The van der Waals surface area contributed by atoms with Crippen molar-refractivity contribution in [2.24, 2.45) is 0 Å². The van der Waals surface area contributed by atoms with Gasteiger partial charge in [-0.1, -0.05) is 30.3 Å². The zero-order valence-corrected chi connectivity index (χ0v) is 16.4. The van der Waals surface area contributed by atoms with Gasteiger partial charge in [-0.25, -0.2) is 4.98 Å². The molecule has 0 bridgehead atoms. The molecule has 6 heteroatoms. The van der Waals surface area contributed by atoms with E-state index in [-0.39, 0.29) is 5.91 Å². The molecule has 3 aromatic rings. The van der Waals surface area contributed by atoms with Gasteiger partial charge in [-0.15, -0.1) is 0 Å². The lowest BCUT2D eigenvalue weighted by molar-refractivity contribution is 0.0741. The normalized spacial score (nSPS) is 13.8. The van der Waals surface area contributed by atoms with Crippen LogP contribution in [0, 0.1) is 0 Å². The van der Waals surface area contributed by atoms with Crippen LogP contribution in [0.1, 0.15) is 10.5 Å². The SMILES string of the molecule is COc1ccccc1Nc1ccc(C(=O)N2CCN(c3ccccc3)CC2)nc1. The number of aromatic nitrogens is 1. The number of amides is 1. The third-order valence-electron chi connectivity index (χ3n) is 5.06. The average molecular weight is 388 g/mol. The molecule has 1 fully saturated rings. The second kappa shape index (κ2) is 8.65. The van der Waals surface area contributed by atoms with Crippen molar-refractivity contribution >= 4 is 23.0 Å². The molecule has 1 aromatic heterocycles. The van der Waals surface area contributed by atoms with Crippen molar-refractivity contribution < 1.29 is 9.53 Å². The highest BCUT2D eigenvalue weighted by atomic mass is 16.5. The van der Waals surface area contributed by atoms with Gasteiger partial charge in [-0.2, -0.15) is 0 Å². The Kier molecular flexibility index (Phi) is 5.61. The summed E-state index contributed by atoms with van der Waals surface area (Å²) >= 11 is 0. The van der Waals surface area contributed by atoms with Gasteiger partial charge in [0.2, 0.25) is 0 Å². The Morgan fingerprint density at radius 3 is 2.34 bits per heavy atom. The Morgan fingerprint density at radius 1 is 0.931 bits per heavy atom. The monoisotopic (exact) mass is 388 g/mol. The number of piperazine rings is 1. The van der Waals surface area contributed by atoms with Gasteiger partial charge in [0.15, 0.2) is 0 Å². The van der Waals surface area contributed by atoms with E-state index < -0.39 is 0 Å². The van der Waals surface area contributed by atoms with Gasteiger partial charge < -0.3 is 19.9 Å². The number of pyridine rings is 1. The first-order valence-electron chi connectivity index (χ1n) is 9.70.